The van der Waals surface area contributed by atoms with Crippen LogP contribution in [0.1, 0.15) is 11.3 Å². The number of hydrogen-bond acceptors (Lipinski definition) is 1. The van der Waals surface area contributed by atoms with Crippen LogP contribution < -0.4 is 10.4 Å². The minimum Gasteiger partial charge on any atom is -0.457 e. The van der Waals surface area contributed by atoms with Crippen molar-refractivity contribution in [1.29, 1.82) is 0 Å². The largest absolute Gasteiger partial charge is 0.457 e. The Morgan fingerprint density at radius 3 is 2.26 bits per heavy atom. The lowest BCUT2D eigenvalue weighted by Gasteiger charge is -2.23. The third kappa shape index (κ3) is 1.43. The van der Waals surface area contributed by atoms with Crippen molar-refractivity contribution in [2.24, 2.45) is 0 Å². The molecule has 0 aliphatic carbocycles. The Labute approximate surface area is 138 Å². The van der Waals surface area contributed by atoms with Crippen molar-refractivity contribution in [2.45, 2.75) is 26.2 Å². The fraction of sp³-hybridized carbons (Fsp3) is 0.200. The van der Waals surface area contributed by atoms with Crippen molar-refractivity contribution in [3.63, 3.8) is 0 Å². The van der Waals surface area contributed by atoms with Crippen LogP contribution in [-0.4, -0.2) is 16.1 Å². The number of benzene rings is 2. The van der Waals surface area contributed by atoms with Gasteiger partial charge in [-0.3, -0.25) is 0 Å². The summed E-state index contributed by atoms with van der Waals surface area (Å²) in [7, 11) is -3.40. The maximum atomic E-state index is 6.44. The number of fused-ring (bicyclic) bond motifs is 6. The fourth-order valence-corrected chi connectivity index (χ4v) is 13.6. The molecular weight excluding hydrogens is 312 g/mol. The van der Waals surface area contributed by atoms with Crippen LogP contribution in [0.2, 0.25) is 26.2 Å². The molecule has 0 radical (unpaired) electrons. The summed E-state index contributed by atoms with van der Waals surface area (Å²) in [5, 5.41) is 7.71. The van der Waals surface area contributed by atoms with Crippen LogP contribution in [0.3, 0.4) is 0 Å². The smallest absolute Gasteiger partial charge is 0.134 e. The van der Waals surface area contributed by atoms with Crippen molar-refractivity contribution in [1.82, 2.24) is 0 Å². The quantitative estimate of drug-likeness (QED) is 0.560. The van der Waals surface area contributed by atoms with E-state index in [1.807, 2.05) is 0 Å². The average molecular weight is 333 g/mol. The van der Waals surface area contributed by atoms with E-state index in [2.05, 4.69) is 74.7 Å². The predicted molar refractivity (Wildman–Crippen MR) is 104 cm³/mol. The van der Waals surface area contributed by atoms with E-state index < -0.39 is 16.1 Å². The van der Waals surface area contributed by atoms with Gasteiger partial charge in [0.1, 0.15) is 27.5 Å². The molecule has 1 nitrogen and oxygen atoms in total. The fourth-order valence-electron chi connectivity index (χ4n) is 4.84. The van der Waals surface area contributed by atoms with Gasteiger partial charge in [-0.1, -0.05) is 68.7 Å². The summed E-state index contributed by atoms with van der Waals surface area (Å²) in [5.74, 6) is 1.23. The molecule has 0 amide bonds. The van der Waals surface area contributed by atoms with Gasteiger partial charge < -0.3 is 4.42 Å². The van der Waals surface area contributed by atoms with E-state index in [0.717, 1.165) is 5.58 Å². The van der Waals surface area contributed by atoms with Crippen LogP contribution in [0.4, 0.5) is 0 Å². The third-order valence-electron chi connectivity index (χ3n) is 5.82. The van der Waals surface area contributed by atoms with E-state index in [1.54, 1.807) is 15.6 Å². The molecule has 0 saturated carbocycles. The van der Waals surface area contributed by atoms with Crippen LogP contribution in [0.15, 0.2) is 52.9 Å². The molecule has 114 valence electrons. The Morgan fingerprint density at radius 1 is 0.739 bits per heavy atom. The molecule has 0 spiro atoms. The maximum Gasteiger partial charge on any atom is 0.134 e. The zero-order chi connectivity index (χ0) is 16.0. The minimum absolute atomic E-state index is 1.06. The Hall–Kier alpha value is -1.85. The Kier molecular flexibility index (Phi) is 2.34. The van der Waals surface area contributed by atoms with Gasteiger partial charge in [-0.25, -0.2) is 0 Å². The van der Waals surface area contributed by atoms with Crippen LogP contribution in [-0.2, 0) is 0 Å². The molecular formula is C20H20OSi2. The molecule has 0 unspecified atom stereocenters. The van der Waals surface area contributed by atoms with Crippen LogP contribution in [0, 0.1) is 0 Å². The minimum atomic E-state index is -1.72. The molecule has 5 rings (SSSR count). The van der Waals surface area contributed by atoms with Crippen molar-refractivity contribution in [3.8, 4) is 0 Å². The highest BCUT2D eigenvalue weighted by Gasteiger charge is 2.54. The average Bonchev–Trinajstić information content (AvgIpc) is 3.08. The topological polar surface area (TPSA) is 13.1 Å². The lowest BCUT2D eigenvalue weighted by atomic mass is 10.2. The first-order chi connectivity index (χ1) is 10.9. The number of para-hydroxylation sites is 1. The van der Waals surface area contributed by atoms with E-state index in [1.165, 1.54) is 21.9 Å². The van der Waals surface area contributed by atoms with Gasteiger partial charge in [0.15, 0.2) is 0 Å². The Morgan fingerprint density at radius 2 is 1.43 bits per heavy atom. The van der Waals surface area contributed by atoms with Gasteiger partial charge in [0.05, 0.1) is 0 Å². The summed E-state index contributed by atoms with van der Waals surface area (Å²) in [6.45, 7) is 9.98. The second kappa shape index (κ2) is 3.97. The third-order valence-corrected chi connectivity index (χ3v) is 13.1. The zero-order valence-electron chi connectivity index (χ0n) is 14.0. The molecule has 0 fully saturated rings. The molecule has 2 aromatic carbocycles. The molecule has 3 heterocycles. The first kappa shape index (κ1) is 13.6. The highest BCUT2D eigenvalue weighted by Crippen LogP contribution is 2.50. The molecule has 3 aromatic rings. The number of furan rings is 1. The van der Waals surface area contributed by atoms with Gasteiger partial charge in [-0.05, 0) is 32.4 Å². The molecule has 0 atom stereocenters. The summed E-state index contributed by atoms with van der Waals surface area (Å²) in [6, 6.07) is 17.7. The predicted octanol–water partition coefficient (Wildman–Crippen LogP) is 4.28. The second-order valence-electron chi connectivity index (χ2n) is 7.85. The summed E-state index contributed by atoms with van der Waals surface area (Å²) in [6.07, 6.45) is 0. The molecule has 2 aliphatic heterocycles. The van der Waals surface area contributed by atoms with Crippen molar-refractivity contribution in [2.75, 3.05) is 0 Å². The van der Waals surface area contributed by atoms with Gasteiger partial charge in [0.2, 0.25) is 0 Å². The first-order valence-corrected chi connectivity index (χ1v) is 14.3. The van der Waals surface area contributed by atoms with Crippen molar-refractivity contribution >= 4 is 47.9 Å². The summed E-state index contributed by atoms with van der Waals surface area (Å²) in [4.78, 5) is 0. The Balaban J connectivity index is 1.93. The van der Waals surface area contributed by atoms with E-state index in [9.17, 15) is 0 Å². The number of hydrogen-bond donors (Lipinski definition) is 0. The normalized spacial score (nSPS) is 19.8. The second-order valence-corrected chi connectivity index (χ2v) is 16.4. The summed E-state index contributed by atoms with van der Waals surface area (Å²) >= 11 is 0. The zero-order valence-corrected chi connectivity index (χ0v) is 16.0. The van der Waals surface area contributed by atoms with Crippen LogP contribution in [0.5, 0.6) is 0 Å². The van der Waals surface area contributed by atoms with E-state index >= 15 is 0 Å². The van der Waals surface area contributed by atoms with E-state index in [4.69, 9.17) is 4.42 Å². The molecule has 0 bridgehead atoms. The van der Waals surface area contributed by atoms with Gasteiger partial charge in [0, 0.05) is 5.39 Å². The van der Waals surface area contributed by atoms with Crippen molar-refractivity contribution in [3.05, 3.63) is 59.9 Å². The van der Waals surface area contributed by atoms with E-state index in [0.29, 0.717) is 0 Å². The molecule has 1 aromatic heterocycles. The molecule has 23 heavy (non-hydrogen) atoms. The summed E-state index contributed by atoms with van der Waals surface area (Å²) < 4.78 is 6.44. The van der Waals surface area contributed by atoms with Crippen molar-refractivity contribution < 1.29 is 4.42 Å². The highest BCUT2D eigenvalue weighted by atomic mass is 28.3. The number of rotatable bonds is 0. The standard InChI is InChI=1S/C20H20OSi2/c1-22(2)16-12-8-6-10-14(16)19-20(22)17-18(23(19,3)4)13-9-5-7-11-15(13)21-17/h5-12H,1-4H3. The molecule has 0 N–H and O–H groups in total. The lowest BCUT2D eigenvalue weighted by molar-refractivity contribution is 0.605. The monoisotopic (exact) mass is 332 g/mol. The summed E-state index contributed by atoms with van der Waals surface area (Å²) in [5.41, 5.74) is 2.58. The molecule has 0 saturated heterocycles. The lowest BCUT2D eigenvalue weighted by Crippen LogP contribution is -2.44. The van der Waals surface area contributed by atoms with Gasteiger partial charge >= 0.3 is 0 Å². The molecule has 3 heteroatoms. The molecule has 2 aliphatic rings. The first-order valence-electron chi connectivity index (χ1n) is 8.31. The van der Waals surface area contributed by atoms with Crippen LogP contribution >= 0.6 is 0 Å². The van der Waals surface area contributed by atoms with Crippen LogP contribution in [0.25, 0.3) is 21.4 Å². The highest BCUT2D eigenvalue weighted by molar-refractivity contribution is 7.20. The van der Waals surface area contributed by atoms with Gasteiger partial charge in [-0.2, -0.15) is 0 Å². The Bertz CT molecular complexity index is 1020. The SMILES string of the molecule is C[Si]1(C)C2=C(c3ccccc31)[Si](C)(C)c1c2oc2ccccc12. The van der Waals surface area contributed by atoms with E-state index in [-0.39, 0.29) is 0 Å². The maximum absolute atomic E-state index is 6.44. The van der Waals surface area contributed by atoms with Gasteiger partial charge in [0.25, 0.3) is 0 Å². The van der Waals surface area contributed by atoms with Gasteiger partial charge in [-0.15, -0.1) is 0 Å².